The number of rotatable bonds is 3. The van der Waals surface area contributed by atoms with Gasteiger partial charge in [0.2, 0.25) is 0 Å². The van der Waals surface area contributed by atoms with E-state index in [4.69, 9.17) is 20.9 Å². The summed E-state index contributed by atoms with van der Waals surface area (Å²) in [5, 5.41) is 0. The Morgan fingerprint density at radius 3 is 2.32 bits per heavy atom. The molecule has 2 aromatic rings. The van der Waals surface area contributed by atoms with Gasteiger partial charge in [-0.2, -0.15) is 0 Å². The van der Waals surface area contributed by atoms with Gasteiger partial charge in [0, 0.05) is 11.4 Å². The molecule has 8 nitrogen and oxygen atoms in total. The van der Waals surface area contributed by atoms with Gasteiger partial charge in [0.05, 0.1) is 17.0 Å². The Bertz CT molecular complexity index is 785. The Hall–Kier alpha value is -3.03. The molecule has 2 rings (SSSR count). The molecule has 0 saturated heterocycles. The normalized spacial score (nSPS) is 11.2. The topological polar surface area (TPSA) is 122 Å². The number of benzene rings is 1. The van der Waals surface area contributed by atoms with Crippen LogP contribution in [-0.2, 0) is 16.1 Å². The first-order chi connectivity index (χ1) is 11.6. The molecule has 0 unspecified atom stereocenters. The lowest BCUT2D eigenvalue weighted by molar-refractivity contribution is 0.0423. The van der Waals surface area contributed by atoms with E-state index < -0.39 is 17.7 Å². The molecule has 0 aliphatic carbocycles. The monoisotopic (exact) mass is 346 g/mol. The average Bonchev–Trinajstić information content (AvgIpc) is 2.83. The number of esters is 1. The molecular formula is C17H22N4O4. The Labute approximate surface area is 145 Å². The molecular weight excluding hydrogens is 324 g/mol. The van der Waals surface area contributed by atoms with Gasteiger partial charge in [0.15, 0.2) is 0 Å². The zero-order valence-corrected chi connectivity index (χ0v) is 14.7. The van der Waals surface area contributed by atoms with Crippen molar-refractivity contribution >= 4 is 23.4 Å². The van der Waals surface area contributed by atoms with E-state index in [9.17, 15) is 9.59 Å². The van der Waals surface area contributed by atoms with Gasteiger partial charge in [-0.05, 0) is 45.9 Å². The molecule has 0 bridgehead atoms. The lowest BCUT2D eigenvalue weighted by Gasteiger charge is -2.20. The van der Waals surface area contributed by atoms with Gasteiger partial charge in [-0.15, -0.1) is 0 Å². The van der Waals surface area contributed by atoms with Gasteiger partial charge in [-0.25, -0.2) is 19.1 Å². The Balaban J connectivity index is 2.14. The number of nitrogens with zero attached hydrogens (tertiary/aromatic N) is 2. The van der Waals surface area contributed by atoms with E-state index in [1.807, 2.05) is 0 Å². The van der Waals surface area contributed by atoms with E-state index in [-0.39, 0.29) is 12.2 Å². The summed E-state index contributed by atoms with van der Waals surface area (Å²) in [5.41, 5.74) is 12.6. The third kappa shape index (κ3) is 4.72. The van der Waals surface area contributed by atoms with E-state index in [0.717, 1.165) is 0 Å². The molecule has 1 heterocycles. The number of anilines is 2. The van der Waals surface area contributed by atoms with E-state index in [1.54, 1.807) is 33.8 Å². The molecule has 0 amide bonds. The second-order valence-electron chi connectivity index (χ2n) is 6.59. The molecule has 1 aromatic heterocycles. The molecule has 134 valence electrons. The van der Waals surface area contributed by atoms with Crippen molar-refractivity contribution in [1.82, 2.24) is 9.55 Å². The lowest BCUT2D eigenvalue weighted by atomic mass is 10.2. The predicted molar refractivity (Wildman–Crippen MR) is 93.0 cm³/mol. The van der Waals surface area contributed by atoms with Crippen LogP contribution in [0.1, 0.15) is 42.5 Å². The van der Waals surface area contributed by atoms with Crippen molar-refractivity contribution in [1.29, 1.82) is 0 Å². The molecule has 0 aliphatic heterocycles. The second kappa shape index (κ2) is 6.84. The maximum Gasteiger partial charge on any atom is 0.420 e. The van der Waals surface area contributed by atoms with Crippen LogP contribution in [0.5, 0.6) is 0 Å². The molecule has 0 fully saturated rings. The van der Waals surface area contributed by atoms with Crippen molar-refractivity contribution in [3.63, 3.8) is 0 Å². The highest BCUT2D eigenvalue weighted by atomic mass is 16.6. The fourth-order valence-corrected chi connectivity index (χ4v) is 2.12. The van der Waals surface area contributed by atoms with Crippen LogP contribution in [-0.4, -0.2) is 27.2 Å². The molecule has 25 heavy (non-hydrogen) atoms. The standard InChI is InChI=1S/C17H22N4O4/c1-10-14(21(9-20-10)16(23)25-17(2,3)4)8-24-15(22)11-5-12(18)7-13(19)6-11/h5-7,9H,8,18-19H2,1-4H3. The predicted octanol–water partition coefficient (Wildman–Crippen LogP) is 2.50. The highest BCUT2D eigenvalue weighted by Crippen LogP contribution is 2.17. The quantitative estimate of drug-likeness (QED) is 0.646. The Kier molecular flexibility index (Phi) is 5.01. The third-order valence-electron chi connectivity index (χ3n) is 3.22. The van der Waals surface area contributed by atoms with E-state index >= 15 is 0 Å². The van der Waals surface area contributed by atoms with Crippen LogP contribution in [0.2, 0.25) is 0 Å². The van der Waals surface area contributed by atoms with Gasteiger partial charge in [0.1, 0.15) is 18.5 Å². The molecule has 4 N–H and O–H groups in total. The summed E-state index contributed by atoms with van der Waals surface area (Å²) in [7, 11) is 0. The number of aryl methyl sites for hydroxylation is 1. The third-order valence-corrected chi connectivity index (χ3v) is 3.22. The van der Waals surface area contributed by atoms with Crippen molar-refractivity contribution in [2.75, 3.05) is 11.5 Å². The zero-order chi connectivity index (χ0) is 18.8. The highest BCUT2D eigenvalue weighted by Gasteiger charge is 2.22. The smallest absolute Gasteiger partial charge is 0.420 e. The van der Waals surface area contributed by atoms with Crippen LogP contribution in [0.3, 0.4) is 0 Å². The summed E-state index contributed by atoms with van der Waals surface area (Å²) in [4.78, 5) is 28.5. The van der Waals surface area contributed by atoms with Gasteiger partial charge >= 0.3 is 12.1 Å². The van der Waals surface area contributed by atoms with E-state index in [1.165, 1.54) is 23.0 Å². The molecule has 0 spiro atoms. The number of aromatic nitrogens is 2. The van der Waals surface area contributed by atoms with Crippen LogP contribution >= 0.6 is 0 Å². The van der Waals surface area contributed by atoms with Crippen molar-refractivity contribution in [2.45, 2.75) is 39.9 Å². The summed E-state index contributed by atoms with van der Waals surface area (Å²) < 4.78 is 11.8. The summed E-state index contributed by atoms with van der Waals surface area (Å²) in [5.74, 6) is -0.602. The molecule has 8 heteroatoms. The zero-order valence-electron chi connectivity index (χ0n) is 14.7. The van der Waals surface area contributed by atoms with Crippen LogP contribution in [0.15, 0.2) is 24.5 Å². The Morgan fingerprint density at radius 1 is 1.16 bits per heavy atom. The van der Waals surface area contributed by atoms with Gasteiger partial charge in [-0.1, -0.05) is 0 Å². The number of nitrogens with two attached hydrogens (primary N) is 2. The molecule has 0 radical (unpaired) electrons. The Morgan fingerprint density at radius 2 is 1.76 bits per heavy atom. The summed E-state index contributed by atoms with van der Waals surface area (Å²) >= 11 is 0. The minimum absolute atomic E-state index is 0.140. The maximum absolute atomic E-state index is 12.2. The number of hydrogen-bond donors (Lipinski definition) is 2. The number of hydrogen-bond acceptors (Lipinski definition) is 7. The maximum atomic E-state index is 12.2. The number of imidazole rings is 1. The van der Waals surface area contributed by atoms with Crippen LogP contribution < -0.4 is 11.5 Å². The fourth-order valence-electron chi connectivity index (χ4n) is 2.12. The lowest BCUT2D eigenvalue weighted by Crippen LogP contribution is -2.28. The van der Waals surface area contributed by atoms with Crippen LogP contribution in [0.4, 0.5) is 16.2 Å². The molecule has 0 atom stereocenters. The minimum Gasteiger partial charge on any atom is -0.456 e. The number of ether oxygens (including phenoxy) is 2. The van der Waals surface area contributed by atoms with Crippen molar-refractivity contribution in [3.05, 3.63) is 41.5 Å². The summed E-state index contributed by atoms with van der Waals surface area (Å²) in [6.07, 6.45) is 0.748. The van der Waals surface area contributed by atoms with Gasteiger partial charge in [0.25, 0.3) is 0 Å². The van der Waals surface area contributed by atoms with Crippen molar-refractivity contribution in [3.8, 4) is 0 Å². The van der Waals surface area contributed by atoms with E-state index in [0.29, 0.717) is 22.8 Å². The van der Waals surface area contributed by atoms with Crippen molar-refractivity contribution in [2.24, 2.45) is 0 Å². The van der Waals surface area contributed by atoms with Crippen LogP contribution in [0, 0.1) is 6.92 Å². The SMILES string of the molecule is Cc1ncn(C(=O)OC(C)(C)C)c1COC(=O)c1cc(N)cc(N)c1. The first-order valence-electron chi connectivity index (χ1n) is 7.66. The largest absolute Gasteiger partial charge is 0.456 e. The van der Waals surface area contributed by atoms with Crippen LogP contribution in [0.25, 0.3) is 0 Å². The fraction of sp³-hybridized carbons (Fsp3) is 0.353. The molecule has 0 aliphatic rings. The summed E-state index contributed by atoms with van der Waals surface area (Å²) in [6, 6.07) is 4.48. The average molecular weight is 346 g/mol. The number of nitrogen functional groups attached to an aromatic ring is 2. The first kappa shape index (κ1) is 18.3. The summed E-state index contributed by atoms with van der Waals surface area (Å²) in [6.45, 7) is 6.86. The minimum atomic E-state index is -0.650. The molecule has 0 saturated carbocycles. The number of carbonyl (C=O) groups is 2. The van der Waals surface area contributed by atoms with Crippen molar-refractivity contribution < 1.29 is 19.1 Å². The second-order valence-corrected chi connectivity index (χ2v) is 6.59. The molecule has 1 aromatic carbocycles. The van der Waals surface area contributed by atoms with E-state index in [2.05, 4.69) is 4.98 Å². The highest BCUT2D eigenvalue weighted by molar-refractivity contribution is 5.91. The first-order valence-corrected chi connectivity index (χ1v) is 7.66. The number of carbonyl (C=O) groups excluding carboxylic acids is 2. The van der Waals surface area contributed by atoms with Gasteiger partial charge < -0.3 is 20.9 Å². The van der Waals surface area contributed by atoms with Gasteiger partial charge in [-0.3, -0.25) is 0 Å².